The smallest absolute Gasteiger partial charge is 0.0963 e. The summed E-state index contributed by atoms with van der Waals surface area (Å²) in [4.78, 5) is 4.61. The fraction of sp³-hybridized carbons (Fsp3) is 0.522. The van der Waals surface area contributed by atoms with E-state index in [1.807, 2.05) is 11.8 Å². The van der Waals surface area contributed by atoms with Crippen LogP contribution >= 0.6 is 11.8 Å². The lowest BCUT2D eigenvalue weighted by atomic mass is 9.82. The van der Waals surface area contributed by atoms with Crippen LogP contribution in [0.25, 0.3) is 0 Å². The third-order valence-electron chi connectivity index (χ3n) is 5.61. The maximum Gasteiger partial charge on any atom is 0.0963 e. The van der Waals surface area contributed by atoms with E-state index in [1.54, 1.807) is 0 Å². The van der Waals surface area contributed by atoms with Crippen molar-refractivity contribution in [1.82, 2.24) is 4.98 Å². The predicted molar refractivity (Wildman–Crippen MR) is 114 cm³/mol. The van der Waals surface area contributed by atoms with Crippen LogP contribution in [0.4, 0.5) is 0 Å². The van der Waals surface area contributed by atoms with E-state index in [-0.39, 0.29) is 6.61 Å². The van der Waals surface area contributed by atoms with Gasteiger partial charge >= 0.3 is 0 Å². The van der Waals surface area contributed by atoms with Crippen molar-refractivity contribution < 1.29 is 5.11 Å². The van der Waals surface area contributed by atoms with E-state index in [0.717, 1.165) is 41.7 Å². The molecule has 0 radical (unpaired) electrons. The van der Waals surface area contributed by atoms with Crippen LogP contribution < -0.4 is 5.73 Å². The van der Waals surface area contributed by atoms with E-state index in [0.29, 0.717) is 12.5 Å². The summed E-state index contributed by atoms with van der Waals surface area (Å²) in [5.74, 6) is 2.29. The van der Waals surface area contributed by atoms with Gasteiger partial charge in [-0.2, -0.15) is 0 Å². The lowest BCUT2D eigenvalue weighted by Gasteiger charge is -2.26. The van der Waals surface area contributed by atoms with E-state index >= 15 is 0 Å². The van der Waals surface area contributed by atoms with E-state index in [9.17, 15) is 0 Å². The molecule has 0 saturated carbocycles. The summed E-state index contributed by atoms with van der Waals surface area (Å²) in [5, 5.41) is 10.1. The molecule has 1 aromatic heterocycles. The van der Waals surface area contributed by atoms with E-state index in [2.05, 4.69) is 48.3 Å². The van der Waals surface area contributed by atoms with E-state index in [4.69, 9.17) is 10.8 Å². The SMILES string of the molecule is Cc1cccc(SC[C@@H]2CCc3cc([C@H](CN)CCCCO)ccc3C2)n1. The normalized spacial score (nSPS) is 17.5. The van der Waals surface area contributed by atoms with Crippen molar-refractivity contribution >= 4 is 11.8 Å². The largest absolute Gasteiger partial charge is 0.396 e. The Morgan fingerprint density at radius 3 is 2.89 bits per heavy atom. The van der Waals surface area contributed by atoms with Gasteiger partial charge in [-0.25, -0.2) is 4.98 Å². The Balaban J connectivity index is 1.58. The Labute approximate surface area is 167 Å². The first kappa shape index (κ1) is 20.4. The summed E-state index contributed by atoms with van der Waals surface area (Å²) in [5.41, 5.74) is 11.5. The summed E-state index contributed by atoms with van der Waals surface area (Å²) in [6.45, 7) is 3.02. The quantitative estimate of drug-likeness (QED) is 0.494. The van der Waals surface area contributed by atoms with Crippen LogP contribution in [0.15, 0.2) is 41.4 Å². The number of aliphatic hydroxyl groups is 1. The van der Waals surface area contributed by atoms with Crippen LogP contribution in [0.1, 0.15) is 54.0 Å². The Bertz CT molecular complexity index is 734. The molecule has 1 aliphatic rings. The molecule has 2 atom stereocenters. The first-order valence-corrected chi connectivity index (χ1v) is 11.2. The highest BCUT2D eigenvalue weighted by Gasteiger charge is 2.20. The van der Waals surface area contributed by atoms with Crippen molar-refractivity contribution in [3.05, 3.63) is 58.8 Å². The van der Waals surface area contributed by atoms with E-state index < -0.39 is 0 Å². The van der Waals surface area contributed by atoms with Gasteiger partial charge in [0, 0.05) is 18.1 Å². The van der Waals surface area contributed by atoms with Crippen LogP contribution in [-0.2, 0) is 12.8 Å². The number of pyridine rings is 1. The van der Waals surface area contributed by atoms with Gasteiger partial charge in [0.05, 0.1) is 5.03 Å². The number of aliphatic hydroxyl groups excluding tert-OH is 1. The summed E-state index contributed by atoms with van der Waals surface area (Å²) in [7, 11) is 0. The fourth-order valence-electron chi connectivity index (χ4n) is 3.97. The van der Waals surface area contributed by atoms with Gasteiger partial charge in [0.25, 0.3) is 0 Å². The molecule has 27 heavy (non-hydrogen) atoms. The number of fused-ring (bicyclic) bond motifs is 1. The van der Waals surface area contributed by atoms with Gasteiger partial charge in [-0.05, 0) is 86.2 Å². The monoisotopic (exact) mass is 384 g/mol. The van der Waals surface area contributed by atoms with Gasteiger partial charge < -0.3 is 10.8 Å². The fourth-order valence-corrected chi connectivity index (χ4v) is 5.05. The maximum atomic E-state index is 9.00. The molecule has 3 rings (SSSR count). The Kier molecular flexibility index (Phi) is 7.74. The number of rotatable bonds is 9. The molecule has 1 aliphatic carbocycles. The predicted octanol–water partition coefficient (Wildman–Crippen LogP) is 4.49. The Hall–Kier alpha value is -1.36. The molecule has 0 unspecified atom stereocenters. The van der Waals surface area contributed by atoms with Crippen molar-refractivity contribution in [3.8, 4) is 0 Å². The standard InChI is InChI=1S/C23H32N2OS/c1-17-5-4-7-23(25-17)27-16-18-8-9-20-14-21(11-10-19(20)13-18)22(15-24)6-2-3-12-26/h4-5,7,10-11,14,18,22,26H,2-3,6,8-9,12-13,15-16,24H2,1H3/t18-,22+/m1/s1. The third kappa shape index (κ3) is 5.81. The first-order chi connectivity index (χ1) is 13.2. The molecule has 0 spiro atoms. The summed E-state index contributed by atoms with van der Waals surface area (Å²) >= 11 is 1.89. The second-order valence-electron chi connectivity index (χ2n) is 7.72. The van der Waals surface area contributed by atoms with Crippen molar-refractivity contribution in [2.45, 2.75) is 56.4 Å². The summed E-state index contributed by atoms with van der Waals surface area (Å²) in [6.07, 6.45) is 6.58. The minimum atomic E-state index is 0.277. The van der Waals surface area contributed by atoms with Gasteiger partial charge in [-0.1, -0.05) is 30.7 Å². The Morgan fingerprint density at radius 2 is 2.11 bits per heavy atom. The third-order valence-corrected chi connectivity index (χ3v) is 6.77. The first-order valence-electron chi connectivity index (χ1n) is 10.2. The molecule has 1 aromatic carbocycles. The number of aryl methyl sites for hydroxylation is 2. The van der Waals surface area contributed by atoms with Crippen molar-refractivity contribution in [2.24, 2.45) is 11.7 Å². The van der Waals surface area contributed by atoms with Crippen molar-refractivity contribution in [1.29, 1.82) is 0 Å². The zero-order valence-corrected chi connectivity index (χ0v) is 17.2. The molecule has 3 N–H and O–H groups in total. The number of unbranched alkanes of at least 4 members (excludes halogenated alkanes) is 1. The van der Waals surface area contributed by atoms with Crippen LogP contribution in [0.5, 0.6) is 0 Å². The average Bonchev–Trinajstić information content (AvgIpc) is 2.69. The number of hydrogen-bond donors (Lipinski definition) is 2. The molecule has 0 amide bonds. The zero-order valence-electron chi connectivity index (χ0n) is 16.4. The molecule has 4 heteroatoms. The van der Waals surface area contributed by atoms with Crippen LogP contribution in [-0.4, -0.2) is 29.0 Å². The second-order valence-corrected chi connectivity index (χ2v) is 8.76. The van der Waals surface area contributed by atoms with Crippen molar-refractivity contribution in [2.75, 3.05) is 18.9 Å². The molecular formula is C23H32N2OS. The number of hydrogen-bond acceptors (Lipinski definition) is 4. The minimum Gasteiger partial charge on any atom is -0.396 e. The number of nitrogens with zero attached hydrogens (tertiary/aromatic N) is 1. The summed E-state index contributed by atoms with van der Waals surface area (Å²) < 4.78 is 0. The molecule has 0 saturated heterocycles. The second kappa shape index (κ2) is 10.3. The van der Waals surface area contributed by atoms with Crippen LogP contribution in [0.2, 0.25) is 0 Å². The number of thioether (sulfide) groups is 1. The molecule has 0 bridgehead atoms. The van der Waals surface area contributed by atoms with E-state index in [1.165, 1.54) is 36.0 Å². The molecule has 146 valence electrons. The van der Waals surface area contributed by atoms with Crippen LogP contribution in [0.3, 0.4) is 0 Å². The minimum absolute atomic E-state index is 0.277. The van der Waals surface area contributed by atoms with Gasteiger partial charge in [0.15, 0.2) is 0 Å². The van der Waals surface area contributed by atoms with Gasteiger partial charge in [0.1, 0.15) is 0 Å². The van der Waals surface area contributed by atoms with Crippen molar-refractivity contribution in [3.63, 3.8) is 0 Å². The highest BCUT2D eigenvalue weighted by Crippen LogP contribution is 2.32. The molecule has 3 nitrogen and oxygen atoms in total. The average molecular weight is 385 g/mol. The number of nitrogens with two attached hydrogens (primary N) is 1. The highest BCUT2D eigenvalue weighted by molar-refractivity contribution is 7.99. The topological polar surface area (TPSA) is 59.1 Å². The van der Waals surface area contributed by atoms with Crippen LogP contribution in [0, 0.1) is 12.8 Å². The lowest BCUT2D eigenvalue weighted by Crippen LogP contribution is -2.18. The Morgan fingerprint density at radius 1 is 1.22 bits per heavy atom. The van der Waals surface area contributed by atoms with Gasteiger partial charge in [0.2, 0.25) is 0 Å². The molecular weight excluding hydrogens is 352 g/mol. The van der Waals surface area contributed by atoms with Gasteiger partial charge in [-0.15, -0.1) is 11.8 Å². The zero-order chi connectivity index (χ0) is 19.1. The number of aromatic nitrogens is 1. The summed E-state index contributed by atoms with van der Waals surface area (Å²) in [6, 6.07) is 13.3. The number of benzene rings is 1. The molecule has 2 aromatic rings. The highest BCUT2D eigenvalue weighted by atomic mass is 32.2. The van der Waals surface area contributed by atoms with Gasteiger partial charge in [-0.3, -0.25) is 0 Å². The lowest BCUT2D eigenvalue weighted by molar-refractivity contribution is 0.281. The molecule has 0 fully saturated rings. The molecule has 0 aliphatic heterocycles. The maximum absolute atomic E-state index is 9.00. The molecule has 1 heterocycles.